The SMILES string of the molecule is CN(CC(C)(CO)CO)C(=O)C1CC12CCCc1ccccc12. The molecule has 0 radical (unpaired) electrons. The highest BCUT2D eigenvalue weighted by Gasteiger charge is 2.60. The number of rotatable bonds is 5. The normalized spacial score (nSPS) is 26.0. The number of benzene rings is 1. The smallest absolute Gasteiger partial charge is 0.226 e. The number of amides is 1. The van der Waals surface area contributed by atoms with Crippen molar-refractivity contribution in [3.05, 3.63) is 35.4 Å². The number of nitrogens with zero attached hydrogens (tertiary/aromatic N) is 1. The van der Waals surface area contributed by atoms with E-state index < -0.39 is 5.41 Å². The minimum atomic E-state index is -0.642. The molecule has 4 nitrogen and oxygen atoms in total. The number of hydrogen-bond acceptors (Lipinski definition) is 3. The van der Waals surface area contributed by atoms with E-state index in [1.165, 1.54) is 11.1 Å². The third-order valence-electron chi connectivity index (χ3n) is 5.75. The van der Waals surface area contributed by atoms with Crippen molar-refractivity contribution in [1.29, 1.82) is 0 Å². The molecule has 126 valence electrons. The molecule has 23 heavy (non-hydrogen) atoms. The summed E-state index contributed by atoms with van der Waals surface area (Å²) in [5, 5.41) is 18.9. The minimum absolute atomic E-state index is 0.0367. The molecule has 1 aromatic carbocycles. The fourth-order valence-corrected chi connectivity index (χ4v) is 4.22. The van der Waals surface area contributed by atoms with E-state index in [-0.39, 0.29) is 30.5 Å². The van der Waals surface area contributed by atoms with Crippen LogP contribution in [0.15, 0.2) is 24.3 Å². The third kappa shape index (κ3) is 2.79. The van der Waals surface area contributed by atoms with E-state index >= 15 is 0 Å². The molecule has 2 aliphatic carbocycles. The Morgan fingerprint density at radius 3 is 2.74 bits per heavy atom. The van der Waals surface area contributed by atoms with Crippen LogP contribution < -0.4 is 0 Å². The van der Waals surface area contributed by atoms with Crippen molar-refractivity contribution in [2.24, 2.45) is 11.3 Å². The van der Waals surface area contributed by atoms with Crippen molar-refractivity contribution in [2.45, 2.75) is 38.0 Å². The average molecular weight is 317 g/mol. The van der Waals surface area contributed by atoms with E-state index in [2.05, 4.69) is 24.3 Å². The highest BCUT2D eigenvalue weighted by Crippen LogP contribution is 2.60. The van der Waals surface area contributed by atoms with Gasteiger partial charge < -0.3 is 15.1 Å². The second-order valence-corrected chi connectivity index (χ2v) is 7.74. The lowest BCUT2D eigenvalue weighted by atomic mass is 9.78. The fraction of sp³-hybridized carbons (Fsp3) is 0.632. The Labute approximate surface area is 138 Å². The molecule has 0 saturated heterocycles. The molecular weight excluding hydrogens is 290 g/mol. The van der Waals surface area contributed by atoms with Gasteiger partial charge in [-0.2, -0.15) is 0 Å². The van der Waals surface area contributed by atoms with Crippen LogP contribution in [-0.4, -0.2) is 47.8 Å². The molecule has 1 amide bonds. The van der Waals surface area contributed by atoms with Crippen LogP contribution in [0, 0.1) is 11.3 Å². The van der Waals surface area contributed by atoms with Crippen LogP contribution in [0.3, 0.4) is 0 Å². The highest BCUT2D eigenvalue weighted by molar-refractivity contribution is 5.84. The van der Waals surface area contributed by atoms with E-state index in [0.29, 0.717) is 6.54 Å². The monoisotopic (exact) mass is 317 g/mol. The van der Waals surface area contributed by atoms with Gasteiger partial charge >= 0.3 is 0 Å². The summed E-state index contributed by atoms with van der Waals surface area (Å²) < 4.78 is 0. The van der Waals surface area contributed by atoms with Crippen LogP contribution >= 0.6 is 0 Å². The first kappa shape index (κ1) is 16.5. The zero-order valence-corrected chi connectivity index (χ0v) is 14.1. The quantitative estimate of drug-likeness (QED) is 0.869. The molecule has 1 fully saturated rings. The molecule has 2 unspecified atom stereocenters. The maximum Gasteiger partial charge on any atom is 0.226 e. The largest absolute Gasteiger partial charge is 0.396 e. The first-order chi connectivity index (χ1) is 11.0. The molecule has 0 heterocycles. The van der Waals surface area contributed by atoms with Gasteiger partial charge in [0.1, 0.15) is 0 Å². The molecule has 0 aromatic heterocycles. The first-order valence-electron chi connectivity index (χ1n) is 8.51. The van der Waals surface area contributed by atoms with Gasteiger partial charge in [0.15, 0.2) is 0 Å². The lowest BCUT2D eigenvalue weighted by Crippen LogP contribution is -2.43. The van der Waals surface area contributed by atoms with E-state index in [4.69, 9.17) is 0 Å². The molecule has 0 aliphatic heterocycles. The van der Waals surface area contributed by atoms with Gasteiger partial charge in [-0.15, -0.1) is 0 Å². The Morgan fingerprint density at radius 1 is 1.35 bits per heavy atom. The molecule has 4 heteroatoms. The summed E-state index contributed by atoms with van der Waals surface area (Å²) in [4.78, 5) is 14.6. The van der Waals surface area contributed by atoms with Crippen LogP contribution in [0.2, 0.25) is 0 Å². The molecule has 1 aromatic rings. The Balaban J connectivity index is 1.75. The van der Waals surface area contributed by atoms with Crippen molar-refractivity contribution in [2.75, 3.05) is 26.8 Å². The van der Waals surface area contributed by atoms with Crippen LogP contribution in [0.25, 0.3) is 0 Å². The van der Waals surface area contributed by atoms with Gasteiger partial charge in [0.05, 0.1) is 13.2 Å². The van der Waals surface area contributed by atoms with E-state index in [0.717, 1.165) is 25.7 Å². The molecule has 2 N–H and O–H groups in total. The molecule has 3 rings (SSSR count). The summed E-state index contributed by atoms with van der Waals surface area (Å²) in [7, 11) is 1.78. The summed E-state index contributed by atoms with van der Waals surface area (Å²) in [5.41, 5.74) is 2.16. The Hall–Kier alpha value is -1.39. The van der Waals surface area contributed by atoms with Crippen molar-refractivity contribution in [1.82, 2.24) is 4.90 Å². The number of aliphatic hydroxyl groups excluding tert-OH is 2. The van der Waals surface area contributed by atoms with Gasteiger partial charge in [-0.05, 0) is 36.8 Å². The van der Waals surface area contributed by atoms with Crippen LogP contribution in [0.5, 0.6) is 0 Å². The van der Waals surface area contributed by atoms with E-state index in [1.54, 1.807) is 18.9 Å². The van der Waals surface area contributed by atoms with Crippen molar-refractivity contribution in [3.8, 4) is 0 Å². The van der Waals surface area contributed by atoms with Gasteiger partial charge in [0.25, 0.3) is 0 Å². The zero-order valence-electron chi connectivity index (χ0n) is 14.1. The fourth-order valence-electron chi connectivity index (χ4n) is 4.22. The maximum atomic E-state index is 12.9. The Bertz CT molecular complexity index is 596. The number of hydrogen-bond donors (Lipinski definition) is 2. The molecular formula is C19H27NO3. The zero-order chi connectivity index (χ0) is 16.7. The molecule has 1 saturated carbocycles. The molecule has 2 atom stereocenters. The minimum Gasteiger partial charge on any atom is -0.396 e. The number of carbonyl (C=O) groups is 1. The highest BCUT2D eigenvalue weighted by atomic mass is 16.3. The van der Waals surface area contributed by atoms with Gasteiger partial charge in [0.2, 0.25) is 5.91 Å². The molecule has 1 spiro atoms. The van der Waals surface area contributed by atoms with Crippen molar-refractivity contribution in [3.63, 3.8) is 0 Å². The van der Waals surface area contributed by atoms with E-state index in [9.17, 15) is 15.0 Å². The topological polar surface area (TPSA) is 60.8 Å². The third-order valence-corrected chi connectivity index (χ3v) is 5.75. The Morgan fingerprint density at radius 2 is 2.04 bits per heavy atom. The average Bonchev–Trinajstić information content (AvgIpc) is 3.29. The summed E-state index contributed by atoms with van der Waals surface area (Å²) in [5.74, 6) is 0.199. The van der Waals surface area contributed by atoms with Crippen molar-refractivity contribution >= 4 is 5.91 Å². The predicted molar refractivity (Wildman–Crippen MR) is 89.1 cm³/mol. The summed E-state index contributed by atoms with van der Waals surface area (Å²) in [6, 6.07) is 8.53. The molecule has 2 aliphatic rings. The first-order valence-corrected chi connectivity index (χ1v) is 8.51. The Kier molecular flexibility index (Phi) is 4.23. The number of carbonyl (C=O) groups excluding carboxylic acids is 1. The number of aliphatic hydroxyl groups is 2. The van der Waals surface area contributed by atoms with Gasteiger partial charge in [-0.3, -0.25) is 4.79 Å². The van der Waals surface area contributed by atoms with Crippen LogP contribution in [0.1, 0.15) is 37.3 Å². The standard InChI is InChI=1S/C19H27NO3/c1-18(12-21,13-22)11-20(2)17(23)16-10-19(16)9-5-7-14-6-3-4-8-15(14)19/h3-4,6,8,16,21-22H,5,7,9-13H2,1-2H3. The number of aryl methyl sites for hydroxylation is 1. The van der Waals surface area contributed by atoms with Crippen molar-refractivity contribution < 1.29 is 15.0 Å². The van der Waals surface area contributed by atoms with Gasteiger partial charge in [-0.25, -0.2) is 0 Å². The summed E-state index contributed by atoms with van der Waals surface area (Å²) in [6.07, 6.45) is 4.28. The van der Waals surface area contributed by atoms with Gasteiger partial charge in [-0.1, -0.05) is 31.2 Å². The van der Waals surface area contributed by atoms with Gasteiger partial charge in [0, 0.05) is 30.3 Å². The summed E-state index contributed by atoms with van der Waals surface area (Å²) in [6.45, 7) is 1.93. The lowest BCUT2D eigenvalue weighted by Gasteiger charge is -2.32. The maximum absolute atomic E-state index is 12.9. The second-order valence-electron chi connectivity index (χ2n) is 7.74. The number of fused-ring (bicyclic) bond motifs is 2. The second kappa shape index (κ2) is 5.91. The molecule has 0 bridgehead atoms. The summed E-state index contributed by atoms with van der Waals surface area (Å²) >= 11 is 0. The predicted octanol–water partition coefficient (Wildman–Crippen LogP) is 1.73. The lowest BCUT2D eigenvalue weighted by molar-refractivity contribution is -0.134. The van der Waals surface area contributed by atoms with E-state index in [1.807, 2.05) is 0 Å². The van der Waals surface area contributed by atoms with Crippen LogP contribution in [-0.2, 0) is 16.6 Å². The van der Waals surface area contributed by atoms with Crippen LogP contribution in [0.4, 0.5) is 0 Å².